The van der Waals surface area contributed by atoms with Crippen LogP contribution in [0.1, 0.15) is 79.1 Å². The van der Waals surface area contributed by atoms with Gasteiger partial charge in [-0.05, 0) is 90.9 Å². The summed E-state index contributed by atoms with van der Waals surface area (Å²) in [6.07, 6.45) is 0.501. The molecular weight excluding hydrogens is 1200 g/mol. The Morgan fingerprint density at radius 2 is 0.894 bits per heavy atom. The first kappa shape index (κ1) is 61.8. The standard InChI is InChI=1S/C12H14O5.C12H16O4S.2C11H14O5S.C10H12O6S/c1-5(4-13)11(14)16-9-6-2-7-8(3-6)12(15)17-10(7)9;1-6(2)12(13)16-11-7-3-8-9(11)5-17(14,15)10(8)4-7;1-5(2)11(12)16-9-6-4-17(13,14)8-3-7(9)15-10(6)8;1-5(2)11(12)15-9-6-3-7-8(4-6)17(13,14)16-10(7)9;1-4(2)10(11)15-7-5-3-6-8(14-5)9(7)16-17(6,12)13/h6-10,13H,1-4H2;7-11H,1,3-5H2,2H3;2*6-10H,1,3-4H2,2H3;5-9H,1,3H2,2H3. The van der Waals surface area contributed by atoms with E-state index in [9.17, 15) is 62.4 Å². The Hall–Kier alpha value is -4.88. The first-order valence-corrected chi connectivity index (χ1v) is 34.8. The second-order valence-electron chi connectivity index (χ2n) is 25.4. The largest absolute Gasteiger partial charge is 0.458 e. The molecule has 6 aliphatic carbocycles. The average molecular weight is 1270 g/mol. The van der Waals surface area contributed by atoms with Crippen molar-refractivity contribution < 1.29 is 114 Å². The first-order valence-electron chi connectivity index (χ1n) is 28.5. The maximum absolute atomic E-state index is 11.9. The van der Waals surface area contributed by atoms with E-state index >= 15 is 0 Å². The van der Waals surface area contributed by atoms with Gasteiger partial charge in [-0.25, -0.2) is 40.8 Å². The molecule has 0 radical (unpaired) electrons. The highest BCUT2D eigenvalue weighted by Gasteiger charge is 2.69. The lowest BCUT2D eigenvalue weighted by atomic mass is 9.88. The molecule has 10 bridgehead atoms. The lowest BCUT2D eigenvalue weighted by Crippen LogP contribution is -2.41. The number of rotatable bonds is 11. The van der Waals surface area contributed by atoms with Crippen molar-refractivity contribution in [1.82, 2.24) is 0 Å². The maximum atomic E-state index is 11.9. The van der Waals surface area contributed by atoms with Gasteiger partial charge in [-0.2, -0.15) is 16.8 Å². The summed E-state index contributed by atoms with van der Waals surface area (Å²) in [5, 5.41) is 7.29. The van der Waals surface area contributed by atoms with Crippen LogP contribution in [0.25, 0.3) is 0 Å². The Bertz CT molecular complexity index is 3040. The smallest absolute Gasteiger partial charge is 0.336 e. The molecule has 0 spiro atoms. The summed E-state index contributed by atoms with van der Waals surface area (Å²) in [6, 6.07) is 0. The predicted molar refractivity (Wildman–Crippen MR) is 291 cm³/mol. The summed E-state index contributed by atoms with van der Waals surface area (Å²) < 4.78 is 147. The van der Waals surface area contributed by atoms with E-state index in [-0.39, 0.29) is 140 Å². The zero-order chi connectivity index (χ0) is 61.6. The Labute approximate surface area is 492 Å². The average Bonchev–Trinajstić information content (AvgIpc) is 1.68. The molecule has 25 unspecified atom stereocenters. The van der Waals surface area contributed by atoms with Crippen LogP contribution in [0.2, 0.25) is 0 Å². The summed E-state index contributed by atoms with van der Waals surface area (Å²) in [7, 11) is -13.0. The zero-order valence-electron chi connectivity index (χ0n) is 47.1. The van der Waals surface area contributed by atoms with Gasteiger partial charge in [0.15, 0.2) is 25.8 Å². The molecule has 468 valence electrons. The highest BCUT2D eigenvalue weighted by atomic mass is 32.2. The first-order chi connectivity index (χ1) is 39.7. The molecule has 25 nitrogen and oxygen atoms in total. The van der Waals surface area contributed by atoms with E-state index in [1.165, 1.54) is 6.92 Å². The fourth-order valence-electron chi connectivity index (χ4n) is 16.1. The van der Waals surface area contributed by atoms with Crippen LogP contribution in [0.4, 0.5) is 0 Å². The predicted octanol–water partition coefficient (Wildman–Crippen LogP) is 1.37. The number of carbonyl (C=O) groups is 6. The molecule has 0 aromatic rings. The summed E-state index contributed by atoms with van der Waals surface area (Å²) in [4.78, 5) is 69.0. The van der Waals surface area contributed by atoms with Gasteiger partial charge in [0.2, 0.25) is 0 Å². The molecule has 25 atom stereocenters. The van der Waals surface area contributed by atoms with Crippen LogP contribution in [0.3, 0.4) is 0 Å². The second kappa shape index (κ2) is 22.0. The number of carbonyl (C=O) groups excluding carboxylic acids is 6. The molecule has 9 aliphatic heterocycles. The van der Waals surface area contributed by atoms with E-state index < -0.39 is 112 Å². The van der Waals surface area contributed by atoms with Crippen LogP contribution in [0.5, 0.6) is 0 Å². The normalized spacial score (nSPS) is 44.2. The maximum Gasteiger partial charge on any atom is 0.336 e. The Morgan fingerprint density at radius 3 is 1.52 bits per heavy atom. The van der Waals surface area contributed by atoms with Crippen LogP contribution in [0, 0.1) is 53.3 Å². The van der Waals surface area contributed by atoms with Crippen molar-refractivity contribution in [1.29, 1.82) is 0 Å². The van der Waals surface area contributed by atoms with E-state index in [2.05, 4.69) is 32.9 Å². The monoisotopic (exact) mass is 1270 g/mol. The summed E-state index contributed by atoms with van der Waals surface area (Å²) in [6.45, 7) is 23.4. The third kappa shape index (κ3) is 10.8. The fraction of sp³-hybridized carbons (Fsp3) is 0.714. The number of ether oxygens (including phenoxy) is 8. The third-order valence-corrected chi connectivity index (χ3v) is 27.9. The highest BCUT2D eigenvalue weighted by molar-refractivity contribution is 7.92. The Kier molecular flexibility index (Phi) is 16.0. The van der Waals surface area contributed by atoms with Crippen molar-refractivity contribution in [3.05, 3.63) is 60.8 Å². The minimum absolute atomic E-state index is 0.00733. The Balaban J connectivity index is 0.000000111. The summed E-state index contributed by atoms with van der Waals surface area (Å²) >= 11 is 0. The van der Waals surface area contributed by atoms with Gasteiger partial charge >= 0.3 is 35.8 Å². The van der Waals surface area contributed by atoms with Crippen molar-refractivity contribution in [3.8, 4) is 0 Å². The van der Waals surface area contributed by atoms with Crippen molar-refractivity contribution in [3.63, 3.8) is 0 Å². The van der Waals surface area contributed by atoms with Crippen LogP contribution >= 0.6 is 0 Å². The van der Waals surface area contributed by atoms with Crippen molar-refractivity contribution in [2.75, 3.05) is 18.1 Å². The number of hydrogen-bond acceptors (Lipinski definition) is 25. The van der Waals surface area contributed by atoms with Crippen LogP contribution in [-0.4, -0.2) is 187 Å². The van der Waals surface area contributed by atoms with E-state index in [4.69, 9.17) is 51.4 Å². The fourth-order valence-corrected chi connectivity index (χ4v) is 24.5. The molecule has 1 N–H and O–H groups in total. The molecule has 15 rings (SSSR count). The highest BCUT2D eigenvalue weighted by Crippen LogP contribution is 2.59. The van der Waals surface area contributed by atoms with E-state index in [0.29, 0.717) is 42.4 Å². The molecule has 85 heavy (non-hydrogen) atoms. The van der Waals surface area contributed by atoms with Gasteiger partial charge in [0, 0.05) is 57.8 Å². The van der Waals surface area contributed by atoms with Gasteiger partial charge in [-0.15, -0.1) is 0 Å². The lowest BCUT2D eigenvalue weighted by molar-refractivity contribution is -0.158. The van der Waals surface area contributed by atoms with Crippen LogP contribution in [0.15, 0.2) is 60.8 Å². The van der Waals surface area contributed by atoms with Crippen molar-refractivity contribution in [2.24, 2.45) is 53.3 Å². The molecule has 0 aromatic heterocycles. The number of fused-ring (bicyclic) bond motifs is 5. The van der Waals surface area contributed by atoms with Crippen molar-refractivity contribution >= 4 is 75.7 Å². The lowest BCUT2D eigenvalue weighted by Gasteiger charge is -2.26. The van der Waals surface area contributed by atoms with Crippen LogP contribution in [-0.2, 0) is 115 Å². The number of aliphatic hydroxyl groups excluding tert-OH is 1. The van der Waals surface area contributed by atoms with E-state index in [0.717, 1.165) is 25.7 Å². The minimum atomic E-state index is -3.56. The van der Waals surface area contributed by atoms with Gasteiger partial charge in [0.1, 0.15) is 54.1 Å². The van der Waals surface area contributed by atoms with E-state index in [1.54, 1.807) is 20.8 Å². The third-order valence-electron chi connectivity index (χ3n) is 19.9. The minimum Gasteiger partial charge on any atom is -0.458 e. The van der Waals surface area contributed by atoms with E-state index in [1.807, 2.05) is 0 Å². The second-order valence-corrected chi connectivity index (χ2v) is 33.5. The molecule has 15 aliphatic rings. The molecule has 15 fully saturated rings. The van der Waals surface area contributed by atoms with Gasteiger partial charge in [-0.3, -0.25) is 13.2 Å². The number of esters is 6. The number of hydrogen-bond donors (Lipinski definition) is 1. The van der Waals surface area contributed by atoms with Gasteiger partial charge in [0.25, 0.3) is 20.2 Å². The summed E-state index contributed by atoms with van der Waals surface area (Å²) in [5.41, 5.74) is 1.33. The quantitative estimate of drug-likeness (QED) is 0.132. The molecule has 29 heteroatoms. The molecule has 0 aromatic carbocycles. The SMILES string of the molecule is C=C(C)C(=O)OC1C2CC3C(O2)C1CS3(=O)=O.C=C(C)C(=O)OC1C2CC3C(O2)C1OS3(=O)=O.C=C(C)C(=O)OC1C2CC3C1CS(=O)(=O)C3C2.C=C(C)C(=O)OC1C2CC3C1OS(=O)(=O)C3C2.C=C(CO)C(=O)OC1C2CC3C(=O)OC1C3C2. The summed E-state index contributed by atoms with van der Waals surface area (Å²) in [5.74, 6) is -1.43. The number of sulfone groups is 2. The Morgan fingerprint density at radius 1 is 0.447 bits per heavy atom. The molecule has 9 saturated heterocycles. The molecule has 9 heterocycles. The molecular formula is C56H70O25S4. The van der Waals surface area contributed by atoms with Crippen LogP contribution < -0.4 is 0 Å². The topological polar surface area (TPSA) is 352 Å². The van der Waals surface area contributed by atoms with Gasteiger partial charge in [0.05, 0.1) is 63.7 Å². The van der Waals surface area contributed by atoms with Gasteiger partial charge < -0.3 is 43.0 Å². The number of aliphatic hydroxyl groups is 1. The van der Waals surface area contributed by atoms with Gasteiger partial charge in [-0.1, -0.05) is 32.9 Å². The zero-order valence-corrected chi connectivity index (χ0v) is 50.4. The molecule has 0 amide bonds. The van der Waals surface area contributed by atoms with Crippen molar-refractivity contribution in [2.45, 2.75) is 173 Å². The molecule has 6 saturated carbocycles.